The van der Waals surface area contributed by atoms with Crippen molar-refractivity contribution in [3.05, 3.63) is 0 Å². The van der Waals surface area contributed by atoms with E-state index in [1.165, 1.54) is 0 Å². The monoisotopic (exact) mass is 332 g/mol. The zero-order valence-corrected chi connectivity index (χ0v) is 14.6. The number of nitrogens with one attached hydrogen (secondary N) is 1. The molecule has 22 heavy (non-hydrogen) atoms. The van der Waals surface area contributed by atoms with E-state index >= 15 is 0 Å². The second kappa shape index (κ2) is 6.74. The largest absolute Gasteiger partial charge is 0.444 e. The zero-order valence-electron chi connectivity index (χ0n) is 13.8. The van der Waals surface area contributed by atoms with Gasteiger partial charge in [-0.15, -0.1) is 0 Å². The molecule has 2 rings (SSSR count). The summed E-state index contributed by atoms with van der Waals surface area (Å²) >= 11 is 0. The third kappa shape index (κ3) is 5.43. The van der Waals surface area contributed by atoms with Gasteiger partial charge in [-0.2, -0.15) is 0 Å². The lowest BCUT2D eigenvalue weighted by atomic mass is 9.96. The minimum Gasteiger partial charge on any atom is -0.444 e. The third-order valence-electron chi connectivity index (χ3n) is 4.19. The third-order valence-corrected chi connectivity index (χ3v) is 5.96. The molecule has 128 valence electrons. The van der Waals surface area contributed by atoms with Crippen LogP contribution in [0.25, 0.3) is 0 Å². The van der Waals surface area contributed by atoms with Crippen LogP contribution < -0.4 is 5.32 Å². The molecule has 0 aliphatic carbocycles. The summed E-state index contributed by atoms with van der Waals surface area (Å²) in [6.07, 6.45) is 2.36. The van der Waals surface area contributed by atoms with Crippen LogP contribution in [0.1, 0.15) is 40.0 Å². The average Bonchev–Trinajstić information content (AvgIpc) is 2.74. The summed E-state index contributed by atoms with van der Waals surface area (Å²) in [5.41, 5.74) is -0.455. The zero-order chi connectivity index (χ0) is 16.4. The molecule has 0 bridgehead atoms. The van der Waals surface area contributed by atoms with Crippen molar-refractivity contribution >= 4 is 15.9 Å². The van der Waals surface area contributed by atoms with Crippen LogP contribution in [0.2, 0.25) is 0 Å². The lowest BCUT2D eigenvalue weighted by Crippen LogP contribution is -2.44. The van der Waals surface area contributed by atoms with Gasteiger partial charge in [0, 0.05) is 19.1 Å². The summed E-state index contributed by atoms with van der Waals surface area (Å²) in [6, 6.07) is 0.105. The number of nitrogens with zero attached hydrogens (tertiary/aromatic N) is 1. The number of amides is 1. The van der Waals surface area contributed by atoms with Gasteiger partial charge in [-0.25, -0.2) is 13.2 Å². The van der Waals surface area contributed by atoms with Gasteiger partial charge in [-0.3, -0.25) is 0 Å². The minimum absolute atomic E-state index is 0.105. The molecule has 6 nitrogen and oxygen atoms in total. The van der Waals surface area contributed by atoms with Gasteiger partial charge >= 0.3 is 6.09 Å². The molecule has 2 fully saturated rings. The van der Waals surface area contributed by atoms with Gasteiger partial charge in [0.05, 0.1) is 11.5 Å². The Kier molecular flexibility index (Phi) is 5.37. The highest BCUT2D eigenvalue weighted by atomic mass is 32.2. The van der Waals surface area contributed by atoms with E-state index in [1.54, 1.807) is 4.90 Å². The van der Waals surface area contributed by atoms with Crippen molar-refractivity contribution < 1.29 is 17.9 Å². The van der Waals surface area contributed by atoms with Crippen molar-refractivity contribution in [2.24, 2.45) is 5.92 Å². The predicted octanol–water partition coefficient (Wildman–Crippen LogP) is 1.41. The van der Waals surface area contributed by atoms with E-state index in [0.29, 0.717) is 24.8 Å². The Balaban J connectivity index is 1.68. The Hall–Kier alpha value is -0.820. The van der Waals surface area contributed by atoms with Crippen molar-refractivity contribution in [2.45, 2.75) is 51.7 Å². The van der Waals surface area contributed by atoms with Gasteiger partial charge in [-0.1, -0.05) is 0 Å². The number of rotatable bonds is 3. The first-order valence-corrected chi connectivity index (χ1v) is 9.88. The molecule has 1 atom stereocenters. The molecule has 0 aromatic heterocycles. The maximum Gasteiger partial charge on any atom is 0.410 e. The maximum absolute atomic E-state index is 12.0. The molecule has 0 saturated carbocycles. The number of piperidine rings is 1. The smallest absolute Gasteiger partial charge is 0.410 e. The van der Waals surface area contributed by atoms with Crippen LogP contribution in [0, 0.1) is 5.92 Å². The second-order valence-electron chi connectivity index (χ2n) is 7.42. The summed E-state index contributed by atoms with van der Waals surface area (Å²) in [6.45, 7) is 7.88. The van der Waals surface area contributed by atoms with Gasteiger partial charge in [0.15, 0.2) is 9.84 Å². The number of carbonyl (C=O) groups is 1. The van der Waals surface area contributed by atoms with Crippen molar-refractivity contribution in [2.75, 3.05) is 31.1 Å². The van der Waals surface area contributed by atoms with Crippen LogP contribution in [-0.2, 0) is 14.6 Å². The van der Waals surface area contributed by atoms with Gasteiger partial charge < -0.3 is 15.0 Å². The molecule has 2 saturated heterocycles. The SMILES string of the molecule is CC(C)(C)OC(=O)N1CCC(CNC2CCS(=O)(=O)C2)CC1. The Morgan fingerprint density at radius 1 is 1.23 bits per heavy atom. The Morgan fingerprint density at radius 2 is 1.86 bits per heavy atom. The van der Waals surface area contributed by atoms with E-state index in [2.05, 4.69) is 5.32 Å². The van der Waals surface area contributed by atoms with E-state index < -0.39 is 15.4 Å². The molecule has 0 spiro atoms. The topological polar surface area (TPSA) is 75.7 Å². The average molecular weight is 332 g/mol. The normalized spacial score (nSPS) is 26.1. The minimum atomic E-state index is -2.82. The summed E-state index contributed by atoms with van der Waals surface area (Å²) in [4.78, 5) is 13.7. The molecule has 0 aromatic carbocycles. The highest BCUT2D eigenvalue weighted by molar-refractivity contribution is 7.91. The van der Waals surface area contributed by atoms with E-state index in [9.17, 15) is 13.2 Å². The van der Waals surface area contributed by atoms with Crippen molar-refractivity contribution in [1.29, 1.82) is 0 Å². The number of hydrogen-bond donors (Lipinski definition) is 1. The number of hydrogen-bond acceptors (Lipinski definition) is 5. The van der Waals surface area contributed by atoms with Crippen molar-refractivity contribution in [1.82, 2.24) is 10.2 Å². The van der Waals surface area contributed by atoms with E-state index in [0.717, 1.165) is 25.8 Å². The van der Waals surface area contributed by atoms with E-state index in [1.807, 2.05) is 20.8 Å². The fourth-order valence-corrected chi connectivity index (χ4v) is 4.64. The second-order valence-corrected chi connectivity index (χ2v) is 9.65. The Labute approximate surface area is 133 Å². The molecule has 7 heteroatoms. The summed E-state index contributed by atoms with van der Waals surface area (Å²) in [5, 5.41) is 3.38. The van der Waals surface area contributed by atoms with E-state index in [-0.39, 0.29) is 17.9 Å². The van der Waals surface area contributed by atoms with Crippen LogP contribution in [-0.4, -0.2) is 62.2 Å². The number of sulfone groups is 1. The quantitative estimate of drug-likeness (QED) is 0.846. The number of carbonyl (C=O) groups excluding carboxylic acids is 1. The molecule has 0 aromatic rings. The first-order chi connectivity index (χ1) is 10.1. The summed E-state index contributed by atoms with van der Waals surface area (Å²) in [5.74, 6) is 1.08. The van der Waals surface area contributed by atoms with Crippen LogP contribution in [0.4, 0.5) is 4.79 Å². The Bertz CT molecular complexity index is 490. The summed E-state index contributed by atoms with van der Waals surface area (Å²) in [7, 11) is -2.82. The standard InChI is InChI=1S/C15H28N2O4S/c1-15(2,3)21-14(18)17-7-4-12(5-8-17)10-16-13-6-9-22(19,20)11-13/h12-13,16H,4-11H2,1-3H3. The molecule has 2 aliphatic heterocycles. The van der Waals surface area contributed by atoms with Gasteiger partial charge in [0.1, 0.15) is 5.60 Å². The number of likely N-dealkylation sites (tertiary alicyclic amines) is 1. The van der Waals surface area contributed by atoms with Crippen LogP contribution in [0.3, 0.4) is 0 Å². The first-order valence-electron chi connectivity index (χ1n) is 8.06. The molecule has 0 radical (unpaired) electrons. The molecular weight excluding hydrogens is 304 g/mol. The lowest BCUT2D eigenvalue weighted by Gasteiger charge is -2.33. The fourth-order valence-electron chi connectivity index (χ4n) is 2.94. The van der Waals surface area contributed by atoms with Crippen molar-refractivity contribution in [3.63, 3.8) is 0 Å². The molecule has 1 N–H and O–H groups in total. The lowest BCUT2D eigenvalue weighted by molar-refractivity contribution is 0.0183. The first kappa shape index (κ1) is 17.5. The van der Waals surface area contributed by atoms with Gasteiger partial charge in [-0.05, 0) is 52.5 Å². The molecule has 1 amide bonds. The van der Waals surface area contributed by atoms with Crippen molar-refractivity contribution in [3.8, 4) is 0 Å². The van der Waals surface area contributed by atoms with Crippen LogP contribution >= 0.6 is 0 Å². The van der Waals surface area contributed by atoms with Crippen LogP contribution in [0.5, 0.6) is 0 Å². The molecule has 1 unspecified atom stereocenters. The van der Waals surface area contributed by atoms with Gasteiger partial charge in [0.25, 0.3) is 0 Å². The van der Waals surface area contributed by atoms with Gasteiger partial charge in [0.2, 0.25) is 0 Å². The Morgan fingerprint density at radius 3 is 2.36 bits per heavy atom. The molecule has 2 heterocycles. The fraction of sp³-hybridized carbons (Fsp3) is 0.933. The number of ether oxygens (including phenoxy) is 1. The molecular formula is C15H28N2O4S. The predicted molar refractivity (Wildman–Crippen MR) is 85.6 cm³/mol. The maximum atomic E-state index is 12.0. The highest BCUT2D eigenvalue weighted by Crippen LogP contribution is 2.20. The van der Waals surface area contributed by atoms with Crippen LogP contribution in [0.15, 0.2) is 0 Å². The highest BCUT2D eigenvalue weighted by Gasteiger charge is 2.30. The summed E-state index contributed by atoms with van der Waals surface area (Å²) < 4.78 is 28.2. The molecule has 2 aliphatic rings. The van der Waals surface area contributed by atoms with E-state index in [4.69, 9.17) is 4.74 Å².